The minimum atomic E-state index is -3.29. The normalized spacial score (nSPS) is 15.9. The summed E-state index contributed by atoms with van der Waals surface area (Å²) in [7, 11) is 0. The fourth-order valence-corrected chi connectivity index (χ4v) is 1.23. The van der Waals surface area contributed by atoms with Crippen molar-refractivity contribution in [3.63, 3.8) is 0 Å². The van der Waals surface area contributed by atoms with E-state index in [1.807, 2.05) is 0 Å². The van der Waals surface area contributed by atoms with Gasteiger partial charge in [-0.3, -0.25) is 0 Å². The number of benzene rings is 1. The summed E-state index contributed by atoms with van der Waals surface area (Å²) in [4.78, 5) is 0. The molecule has 1 nitrogen and oxygen atoms in total. The van der Waals surface area contributed by atoms with Gasteiger partial charge >= 0.3 is 0 Å². The van der Waals surface area contributed by atoms with Crippen LogP contribution >= 0.6 is 0 Å². The number of hydrogen-bond donors (Lipinski definition) is 1. The number of alkyl halides is 2. The summed E-state index contributed by atoms with van der Waals surface area (Å²) in [6.45, 7) is 4.33. The zero-order chi connectivity index (χ0) is 12.4. The van der Waals surface area contributed by atoms with Crippen molar-refractivity contribution in [2.24, 2.45) is 0 Å². The lowest BCUT2D eigenvalue weighted by atomic mass is 9.90. The second-order valence-electron chi connectivity index (χ2n) is 4.03. The van der Waals surface area contributed by atoms with Crippen LogP contribution in [0.5, 0.6) is 0 Å². The number of hydrogen-bond acceptors (Lipinski definition) is 1. The zero-order valence-electron chi connectivity index (χ0n) is 9.01. The molecule has 0 aliphatic carbocycles. The Balaban J connectivity index is 2.84. The van der Waals surface area contributed by atoms with Crippen molar-refractivity contribution in [3.05, 3.63) is 42.6 Å². The first kappa shape index (κ1) is 13.0. The van der Waals surface area contributed by atoms with Crippen molar-refractivity contribution in [3.8, 4) is 0 Å². The van der Waals surface area contributed by atoms with Gasteiger partial charge in [0.15, 0.2) is 0 Å². The maximum atomic E-state index is 13.6. The van der Waals surface area contributed by atoms with Gasteiger partial charge in [0.05, 0.1) is 0 Å². The fraction of sp³-hybridized carbons (Fsp3) is 0.417. The van der Waals surface area contributed by atoms with E-state index < -0.39 is 23.8 Å². The van der Waals surface area contributed by atoms with E-state index in [2.05, 4.69) is 6.92 Å². The largest absolute Gasteiger partial charge is 0.384 e. The third kappa shape index (κ3) is 2.76. The van der Waals surface area contributed by atoms with E-state index in [9.17, 15) is 18.3 Å². The van der Waals surface area contributed by atoms with Crippen LogP contribution in [0.1, 0.15) is 18.9 Å². The van der Waals surface area contributed by atoms with E-state index in [1.165, 1.54) is 12.1 Å². The molecule has 1 aromatic carbocycles. The highest BCUT2D eigenvalue weighted by Gasteiger charge is 2.47. The summed E-state index contributed by atoms with van der Waals surface area (Å²) >= 11 is 0. The van der Waals surface area contributed by atoms with Gasteiger partial charge in [0, 0.05) is 6.42 Å². The highest BCUT2D eigenvalue weighted by atomic mass is 19.3. The average Bonchev–Trinajstić information content (AvgIpc) is 2.21. The molecule has 0 aromatic heterocycles. The molecule has 1 unspecified atom stereocenters. The van der Waals surface area contributed by atoms with E-state index in [0.29, 0.717) is 0 Å². The predicted octanol–water partition coefficient (Wildman–Crippen LogP) is 2.98. The Morgan fingerprint density at radius 3 is 2.19 bits per heavy atom. The summed E-state index contributed by atoms with van der Waals surface area (Å²) in [5.74, 6) is -3.76. The minimum absolute atomic E-state index is 0.278. The quantitative estimate of drug-likeness (QED) is 0.844. The Morgan fingerprint density at radius 1 is 1.25 bits per heavy atom. The highest BCUT2D eigenvalue weighted by molar-refractivity contribution is 5.18. The molecule has 16 heavy (non-hydrogen) atoms. The molecule has 1 rings (SSSR count). The molecule has 0 fully saturated rings. The Bertz CT molecular complexity index is 344. The predicted molar refractivity (Wildman–Crippen MR) is 55.6 cm³/mol. The van der Waals surface area contributed by atoms with E-state index in [1.54, 1.807) is 0 Å². The molecule has 1 radical (unpaired) electrons. The third-order valence-corrected chi connectivity index (χ3v) is 2.61. The molecule has 0 amide bonds. The monoisotopic (exact) mass is 231 g/mol. The summed E-state index contributed by atoms with van der Waals surface area (Å²) < 4.78 is 39.8. The smallest absolute Gasteiger partial charge is 0.279 e. The van der Waals surface area contributed by atoms with Crippen molar-refractivity contribution in [1.29, 1.82) is 0 Å². The molecule has 0 saturated heterocycles. The lowest BCUT2D eigenvalue weighted by Gasteiger charge is -2.31. The van der Waals surface area contributed by atoms with E-state index in [0.717, 1.165) is 19.1 Å². The molecule has 0 spiro atoms. The van der Waals surface area contributed by atoms with Crippen LogP contribution < -0.4 is 0 Å². The van der Waals surface area contributed by atoms with Gasteiger partial charge in [0.1, 0.15) is 11.4 Å². The number of rotatable bonds is 4. The Kier molecular flexibility index (Phi) is 3.63. The van der Waals surface area contributed by atoms with Crippen LogP contribution in [0.3, 0.4) is 0 Å². The van der Waals surface area contributed by atoms with Gasteiger partial charge in [-0.05, 0) is 31.0 Å². The molecule has 0 heterocycles. The van der Waals surface area contributed by atoms with Crippen molar-refractivity contribution in [2.75, 3.05) is 0 Å². The fourth-order valence-electron chi connectivity index (χ4n) is 1.23. The average molecular weight is 231 g/mol. The Labute approximate surface area is 92.9 Å². The molecule has 0 bridgehead atoms. The SMILES string of the molecule is [CH2]CC(C)(O)C(F)(F)Cc1ccc(F)cc1. The first-order valence-corrected chi connectivity index (χ1v) is 4.92. The maximum Gasteiger partial charge on any atom is 0.279 e. The van der Waals surface area contributed by atoms with Crippen LogP contribution in [0, 0.1) is 12.7 Å². The van der Waals surface area contributed by atoms with Crippen molar-refractivity contribution < 1.29 is 18.3 Å². The van der Waals surface area contributed by atoms with Crippen molar-refractivity contribution in [2.45, 2.75) is 31.3 Å². The number of halogens is 3. The lowest BCUT2D eigenvalue weighted by Crippen LogP contribution is -2.46. The molecule has 1 N–H and O–H groups in total. The molecule has 1 atom stereocenters. The number of aliphatic hydroxyl groups is 1. The molecular weight excluding hydrogens is 217 g/mol. The van der Waals surface area contributed by atoms with Gasteiger partial charge in [-0.2, -0.15) is 0 Å². The van der Waals surface area contributed by atoms with Gasteiger partial charge in [-0.1, -0.05) is 19.1 Å². The molecule has 0 aliphatic rings. The van der Waals surface area contributed by atoms with E-state index >= 15 is 0 Å². The molecule has 4 heteroatoms. The zero-order valence-corrected chi connectivity index (χ0v) is 9.01. The van der Waals surface area contributed by atoms with E-state index in [4.69, 9.17) is 0 Å². The van der Waals surface area contributed by atoms with Crippen LogP contribution in [0.15, 0.2) is 24.3 Å². The maximum absolute atomic E-state index is 13.6. The van der Waals surface area contributed by atoms with Gasteiger partial charge < -0.3 is 5.11 Å². The highest BCUT2D eigenvalue weighted by Crippen LogP contribution is 2.34. The standard InChI is InChI=1S/C12H14F3O/c1-3-11(2,16)12(14,15)8-9-4-6-10(13)7-5-9/h4-7,16H,1,3,8H2,2H3. The third-order valence-electron chi connectivity index (χ3n) is 2.61. The molecule has 0 saturated carbocycles. The van der Waals surface area contributed by atoms with Crippen LogP contribution in [0.25, 0.3) is 0 Å². The second-order valence-corrected chi connectivity index (χ2v) is 4.03. The Hall–Kier alpha value is -1.03. The Morgan fingerprint density at radius 2 is 1.75 bits per heavy atom. The summed E-state index contributed by atoms with van der Waals surface area (Å²) in [6.07, 6.45) is -0.920. The second kappa shape index (κ2) is 4.45. The molecule has 0 aliphatic heterocycles. The molecule has 1 aromatic rings. The summed E-state index contributed by atoms with van der Waals surface area (Å²) in [5.41, 5.74) is -1.87. The topological polar surface area (TPSA) is 20.2 Å². The van der Waals surface area contributed by atoms with Crippen molar-refractivity contribution in [1.82, 2.24) is 0 Å². The van der Waals surface area contributed by atoms with Crippen LogP contribution in [-0.4, -0.2) is 16.6 Å². The van der Waals surface area contributed by atoms with E-state index in [-0.39, 0.29) is 12.0 Å². The van der Waals surface area contributed by atoms with Crippen LogP contribution in [0.2, 0.25) is 0 Å². The lowest BCUT2D eigenvalue weighted by molar-refractivity contribution is -0.168. The minimum Gasteiger partial charge on any atom is -0.384 e. The van der Waals surface area contributed by atoms with Gasteiger partial charge in [0.25, 0.3) is 5.92 Å². The molecule has 89 valence electrons. The molecular formula is C12H14F3O. The van der Waals surface area contributed by atoms with Crippen LogP contribution in [0.4, 0.5) is 13.2 Å². The van der Waals surface area contributed by atoms with Gasteiger partial charge in [-0.15, -0.1) is 0 Å². The summed E-state index contributed by atoms with van der Waals surface area (Å²) in [5, 5.41) is 9.48. The summed E-state index contributed by atoms with van der Waals surface area (Å²) in [6, 6.07) is 4.79. The van der Waals surface area contributed by atoms with Crippen molar-refractivity contribution >= 4 is 0 Å². The van der Waals surface area contributed by atoms with Crippen LogP contribution in [-0.2, 0) is 6.42 Å². The first-order chi connectivity index (χ1) is 7.28. The van der Waals surface area contributed by atoms with Gasteiger partial charge in [0.2, 0.25) is 0 Å². The van der Waals surface area contributed by atoms with Gasteiger partial charge in [-0.25, -0.2) is 13.2 Å². The first-order valence-electron chi connectivity index (χ1n) is 4.92.